The summed E-state index contributed by atoms with van der Waals surface area (Å²) in [6.45, 7) is -1.49. The van der Waals surface area contributed by atoms with Crippen molar-refractivity contribution in [3.63, 3.8) is 0 Å². The molecule has 1 aliphatic heterocycles. The number of nitro groups is 1. The molecular formula is C18H9Cl3N2O7. The Morgan fingerprint density at radius 1 is 0.967 bits per heavy atom. The van der Waals surface area contributed by atoms with Crippen LogP contribution in [-0.4, -0.2) is 46.5 Å². The molecule has 0 aromatic heterocycles. The number of nitro benzene ring substituents is 1. The van der Waals surface area contributed by atoms with Crippen LogP contribution in [0.4, 0.5) is 5.69 Å². The van der Waals surface area contributed by atoms with E-state index in [0.29, 0.717) is 4.90 Å². The van der Waals surface area contributed by atoms with Gasteiger partial charge in [0.25, 0.3) is 17.5 Å². The molecule has 30 heavy (non-hydrogen) atoms. The number of carbonyl (C=O) groups excluding carboxylic acids is 4. The lowest BCUT2D eigenvalue weighted by Crippen LogP contribution is -2.36. The number of rotatable bonds is 6. The van der Waals surface area contributed by atoms with Crippen molar-refractivity contribution in [1.82, 2.24) is 4.90 Å². The standard InChI is InChI=1S/C18H9Cl3N2O7/c19-11-2-1-8(3-14(11)23(28)29)15(24)7-30-16(25)6-22-17(26)9-4-12(20)13(21)5-10(9)18(22)27/h1-5H,6-7H2. The number of fused-ring (bicyclic) bond motifs is 1. The molecule has 0 aliphatic carbocycles. The molecule has 2 amide bonds. The fraction of sp³-hybridized carbons (Fsp3) is 0.111. The Labute approximate surface area is 183 Å². The highest BCUT2D eigenvalue weighted by Gasteiger charge is 2.37. The lowest BCUT2D eigenvalue weighted by atomic mass is 10.1. The SMILES string of the molecule is O=C(CN1C(=O)c2cc(Cl)c(Cl)cc2C1=O)OCC(=O)c1ccc(Cl)c([N+](=O)[O-])c1. The van der Waals surface area contributed by atoms with Gasteiger partial charge < -0.3 is 4.74 Å². The number of benzene rings is 2. The maximum absolute atomic E-state index is 12.4. The Balaban J connectivity index is 1.65. The Bertz CT molecular complexity index is 1090. The number of nitrogens with zero attached hydrogens (tertiary/aromatic N) is 2. The molecule has 0 atom stereocenters. The fourth-order valence-electron chi connectivity index (χ4n) is 2.66. The van der Waals surface area contributed by atoms with E-state index in [0.717, 1.165) is 6.07 Å². The summed E-state index contributed by atoms with van der Waals surface area (Å²) >= 11 is 17.4. The first kappa shape index (κ1) is 21.7. The highest BCUT2D eigenvalue weighted by Crippen LogP contribution is 2.31. The minimum Gasteiger partial charge on any atom is -0.456 e. The van der Waals surface area contributed by atoms with Crippen molar-refractivity contribution in [2.24, 2.45) is 0 Å². The van der Waals surface area contributed by atoms with Crippen LogP contribution in [0.5, 0.6) is 0 Å². The van der Waals surface area contributed by atoms with Crippen molar-refractivity contribution in [2.75, 3.05) is 13.2 Å². The lowest BCUT2D eigenvalue weighted by Gasteiger charge is -2.12. The molecule has 2 aromatic carbocycles. The molecule has 0 N–H and O–H groups in total. The first-order chi connectivity index (χ1) is 14.1. The molecule has 0 unspecified atom stereocenters. The van der Waals surface area contributed by atoms with E-state index in [1.807, 2.05) is 0 Å². The van der Waals surface area contributed by atoms with Crippen LogP contribution in [0.1, 0.15) is 31.1 Å². The van der Waals surface area contributed by atoms with Crippen LogP contribution in [0.2, 0.25) is 15.1 Å². The molecule has 0 spiro atoms. The predicted molar refractivity (Wildman–Crippen MR) is 105 cm³/mol. The normalized spacial score (nSPS) is 12.7. The summed E-state index contributed by atoms with van der Waals surface area (Å²) in [5.74, 6) is -3.28. The Morgan fingerprint density at radius 3 is 2.07 bits per heavy atom. The van der Waals surface area contributed by atoms with Crippen molar-refractivity contribution >= 4 is 64.1 Å². The fourth-order valence-corrected chi connectivity index (χ4v) is 3.17. The van der Waals surface area contributed by atoms with Crippen LogP contribution in [0, 0.1) is 10.1 Å². The van der Waals surface area contributed by atoms with Crippen LogP contribution < -0.4 is 0 Å². The van der Waals surface area contributed by atoms with Gasteiger partial charge in [-0.15, -0.1) is 0 Å². The van der Waals surface area contributed by atoms with E-state index in [9.17, 15) is 29.3 Å². The van der Waals surface area contributed by atoms with Crippen molar-refractivity contribution in [1.29, 1.82) is 0 Å². The Morgan fingerprint density at radius 2 is 1.53 bits per heavy atom. The van der Waals surface area contributed by atoms with Crippen LogP contribution >= 0.6 is 34.8 Å². The number of amides is 2. The molecule has 12 heteroatoms. The Kier molecular flexibility index (Phi) is 6.06. The molecule has 1 aliphatic rings. The van der Waals surface area contributed by atoms with E-state index in [1.165, 1.54) is 24.3 Å². The van der Waals surface area contributed by atoms with Gasteiger partial charge in [0.15, 0.2) is 6.61 Å². The molecule has 2 aromatic rings. The molecule has 0 bridgehead atoms. The molecule has 0 saturated heterocycles. The smallest absolute Gasteiger partial charge is 0.326 e. The van der Waals surface area contributed by atoms with Crippen LogP contribution in [0.15, 0.2) is 30.3 Å². The maximum atomic E-state index is 12.4. The van der Waals surface area contributed by atoms with E-state index >= 15 is 0 Å². The number of hydrogen-bond acceptors (Lipinski definition) is 7. The summed E-state index contributed by atoms with van der Waals surface area (Å²) in [7, 11) is 0. The minimum absolute atomic E-state index is 0.00764. The van der Waals surface area contributed by atoms with Crippen molar-refractivity contribution in [3.05, 3.63) is 72.2 Å². The number of hydrogen-bond donors (Lipinski definition) is 0. The van der Waals surface area contributed by atoms with E-state index in [1.54, 1.807) is 0 Å². The third kappa shape index (κ3) is 4.13. The predicted octanol–water partition coefficient (Wildman–Crippen LogP) is 3.58. The monoisotopic (exact) mass is 470 g/mol. The number of Topliss-reactive ketones (excluding diaryl/α,β-unsaturated/α-hetero) is 1. The zero-order chi connectivity index (χ0) is 22.2. The zero-order valence-corrected chi connectivity index (χ0v) is 17.0. The minimum atomic E-state index is -1.03. The van der Waals surface area contributed by atoms with Gasteiger partial charge >= 0.3 is 5.97 Å². The molecule has 0 radical (unpaired) electrons. The number of carbonyl (C=O) groups is 4. The highest BCUT2D eigenvalue weighted by atomic mass is 35.5. The van der Waals surface area contributed by atoms with Gasteiger partial charge in [0.1, 0.15) is 11.6 Å². The van der Waals surface area contributed by atoms with E-state index < -0.39 is 47.3 Å². The number of ether oxygens (including phenoxy) is 1. The van der Waals surface area contributed by atoms with Gasteiger partial charge in [0, 0.05) is 11.6 Å². The van der Waals surface area contributed by atoms with Gasteiger partial charge in [0.05, 0.1) is 26.1 Å². The maximum Gasteiger partial charge on any atom is 0.326 e. The van der Waals surface area contributed by atoms with Crippen LogP contribution in [0.25, 0.3) is 0 Å². The van der Waals surface area contributed by atoms with Crippen molar-refractivity contribution < 1.29 is 28.8 Å². The summed E-state index contributed by atoms with van der Waals surface area (Å²) < 4.78 is 4.80. The molecular weight excluding hydrogens is 463 g/mol. The van der Waals surface area contributed by atoms with E-state index in [2.05, 4.69) is 0 Å². The van der Waals surface area contributed by atoms with Gasteiger partial charge in [-0.1, -0.05) is 34.8 Å². The zero-order valence-electron chi connectivity index (χ0n) is 14.7. The summed E-state index contributed by atoms with van der Waals surface area (Å²) in [5, 5.41) is 10.9. The second kappa shape index (κ2) is 8.39. The van der Waals surface area contributed by atoms with Gasteiger partial charge in [0.2, 0.25) is 5.78 Å². The van der Waals surface area contributed by atoms with E-state index in [4.69, 9.17) is 39.5 Å². The highest BCUT2D eigenvalue weighted by molar-refractivity contribution is 6.43. The molecule has 0 fully saturated rings. The van der Waals surface area contributed by atoms with Gasteiger partial charge in [-0.2, -0.15) is 0 Å². The third-order valence-electron chi connectivity index (χ3n) is 4.13. The third-order valence-corrected chi connectivity index (χ3v) is 5.17. The van der Waals surface area contributed by atoms with Gasteiger partial charge in [-0.3, -0.25) is 34.2 Å². The topological polar surface area (TPSA) is 124 Å². The largest absolute Gasteiger partial charge is 0.456 e. The first-order valence-corrected chi connectivity index (χ1v) is 9.21. The average molecular weight is 472 g/mol. The molecule has 9 nitrogen and oxygen atoms in total. The molecule has 154 valence electrons. The number of ketones is 1. The average Bonchev–Trinajstić information content (AvgIpc) is 2.91. The second-order valence-electron chi connectivity index (χ2n) is 6.02. The van der Waals surface area contributed by atoms with Gasteiger partial charge in [-0.25, -0.2) is 0 Å². The quantitative estimate of drug-likeness (QED) is 0.207. The molecule has 3 rings (SSSR count). The second-order valence-corrected chi connectivity index (χ2v) is 7.24. The molecule has 0 saturated carbocycles. The van der Waals surface area contributed by atoms with Gasteiger partial charge in [-0.05, 0) is 24.3 Å². The van der Waals surface area contributed by atoms with E-state index in [-0.39, 0.29) is 31.8 Å². The first-order valence-electron chi connectivity index (χ1n) is 8.08. The lowest BCUT2D eigenvalue weighted by molar-refractivity contribution is -0.384. The van der Waals surface area contributed by atoms with Crippen LogP contribution in [-0.2, 0) is 9.53 Å². The Hall–Kier alpha value is -3.01. The van der Waals surface area contributed by atoms with Crippen LogP contribution in [0.3, 0.4) is 0 Å². The number of esters is 1. The van der Waals surface area contributed by atoms with Crippen molar-refractivity contribution in [3.8, 4) is 0 Å². The number of imide groups is 1. The molecule has 1 heterocycles. The summed E-state index contributed by atoms with van der Waals surface area (Å²) in [4.78, 5) is 59.6. The summed E-state index contributed by atoms with van der Waals surface area (Å²) in [6.07, 6.45) is 0. The summed E-state index contributed by atoms with van der Waals surface area (Å²) in [6, 6.07) is 5.81. The number of halogens is 3. The summed E-state index contributed by atoms with van der Waals surface area (Å²) in [5.41, 5.74) is -0.584. The van der Waals surface area contributed by atoms with Crippen molar-refractivity contribution in [2.45, 2.75) is 0 Å².